The van der Waals surface area contributed by atoms with Gasteiger partial charge in [-0.25, -0.2) is 0 Å². The number of carbonyl (C=O) groups is 1. The molecule has 2 atom stereocenters. The van der Waals surface area contributed by atoms with E-state index in [-0.39, 0.29) is 12.5 Å². The second-order valence-corrected chi connectivity index (χ2v) is 3.86. The van der Waals surface area contributed by atoms with Gasteiger partial charge in [-0.15, -0.1) is 0 Å². The van der Waals surface area contributed by atoms with Gasteiger partial charge in [-0.1, -0.05) is 6.92 Å². The predicted molar refractivity (Wildman–Crippen MR) is 51.3 cm³/mol. The molecule has 0 unspecified atom stereocenters. The Morgan fingerprint density at radius 2 is 2.31 bits per heavy atom. The van der Waals surface area contributed by atoms with Crippen molar-refractivity contribution in [2.24, 2.45) is 5.92 Å². The van der Waals surface area contributed by atoms with E-state index in [1.165, 1.54) is 0 Å². The van der Waals surface area contributed by atoms with Crippen LogP contribution in [0.3, 0.4) is 0 Å². The molecule has 1 rings (SSSR count). The summed E-state index contributed by atoms with van der Waals surface area (Å²) >= 11 is 0. The van der Waals surface area contributed by atoms with Gasteiger partial charge < -0.3 is 10.0 Å². The molecule has 3 nitrogen and oxygen atoms in total. The number of likely N-dealkylation sites (tertiary alicyclic amines) is 1. The summed E-state index contributed by atoms with van der Waals surface area (Å²) < 4.78 is 0. The van der Waals surface area contributed by atoms with E-state index < -0.39 is 0 Å². The number of carbonyl (C=O) groups excluding carboxylic acids is 1. The van der Waals surface area contributed by atoms with Crippen molar-refractivity contribution in [3.8, 4) is 0 Å². The van der Waals surface area contributed by atoms with Crippen LogP contribution in [-0.4, -0.2) is 35.1 Å². The van der Waals surface area contributed by atoms with Gasteiger partial charge in [0, 0.05) is 25.6 Å². The Labute approximate surface area is 79.7 Å². The third-order valence-electron chi connectivity index (χ3n) is 2.87. The second kappa shape index (κ2) is 4.61. The average molecular weight is 185 g/mol. The normalized spacial score (nSPS) is 29.0. The molecule has 76 valence electrons. The summed E-state index contributed by atoms with van der Waals surface area (Å²) in [6, 6.07) is 0.304. The zero-order valence-corrected chi connectivity index (χ0v) is 8.49. The van der Waals surface area contributed by atoms with E-state index >= 15 is 0 Å². The lowest BCUT2D eigenvalue weighted by Crippen LogP contribution is -2.44. The molecule has 1 aliphatic rings. The molecule has 1 aliphatic heterocycles. The summed E-state index contributed by atoms with van der Waals surface area (Å²) in [5, 5.41) is 8.99. The van der Waals surface area contributed by atoms with Crippen molar-refractivity contribution < 1.29 is 9.90 Å². The van der Waals surface area contributed by atoms with Gasteiger partial charge in [-0.05, 0) is 25.7 Å². The highest BCUT2D eigenvalue weighted by molar-refractivity contribution is 5.76. The SMILES string of the molecule is CCC(=O)N1CC[C@H](CO)C[C@@H]1C. The molecule has 1 N–H and O–H groups in total. The van der Waals surface area contributed by atoms with Gasteiger partial charge in [0.2, 0.25) is 5.91 Å². The van der Waals surface area contributed by atoms with E-state index in [2.05, 4.69) is 6.92 Å². The number of rotatable bonds is 2. The molecule has 0 bridgehead atoms. The molecule has 0 aromatic rings. The van der Waals surface area contributed by atoms with Crippen molar-refractivity contribution in [3.05, 3.63) is 0 Å². The molecule has 1 heterocycles. The van der Waals surface area contributed by atoms with Crippen LogP contribution in [0.1, 0.15) is 33.1 Å². The Bertz CT molecular complexity index is 182. The zero-order valence-electron chi connectivity index (χ0n) is 8.49. The Hall–Kier alpha value is -0.570. The summed E-state index contributed by atoms with van der Waals surface area (Å²) in [5.41, 5.74) is 0. The first kappa shape index (κ1) is 10.5. The molecule has 0 aromatic carbocycles. The van der Waals surface area contributed by atoms with Crippen LogP contribution in [-0.2, 0) is 4.79 Å². The summed E-state index contributed by atoms with van der Waals surface area (Å²) in [6.45, 7) is 5.04. The molecule has 0 saturated carbocycles. The molecule has 1 fully saturated rings. The molecule has 0 spiro atoms. The smallest absolute Gasteiger partial charge is 0.222 e. The molecular formula is C10H19NO2. The van der Waals surface area contributed by atoms with Crippen molar-refractivity contribution in [2.45, 2.75) is 39.2 Å². The first-order valence-electron chi connectivity index (χ1n) is 5.09. The minimum atomic E-state index is 0.240. The van der Waals surface area contributed by atoms with E-state index in [1.807, 2.05) is 11.8 Å². The maximum Gasteiger partial charge on any atom is 0.222 e. The molecule has 0 radical (unpaired) electrons. The summed E-state index contributed by atoms with van der Waals surface area (Å²) in [5.74, 6) is 0.639. The number of hydrogen-bond acceptors (Lipinski definition) is 2. The van der Waals surface area contributed by atoms with E-state index in [9.17, 15) is 4.79 Å². The number of aliphatic hydroxyl groups is 1. The van der Waals surface area contributed by atoms with Gasteiger partial charge in [-0.3, -0.25) is 4.79 Å². The van der Waals surface area contributed by atoms with Gasteiger partial charge in [0.25, 0.3) is 0 Å². The largest absolute Gasteiger partial charge is 0.396 e. The molecule has 13 heavy (non-hydrogen) atoms. The summed E-state index contributed by atoms with van der Waals surface area (Å²) in [6.07, 6.45) is 2.49. The van der Waals surface area contributed by atoms with Crippen molar-refractivity contribution in [2.75, 3.05) is 13.2 Å². The van der Waals surface area contributed by atoms with Crippen LogP contribution in [0.2, 0.25) is 0 Å². The fourth-order valence-electron chi connectivity index (χ4n) is 2.01. The lowest BCUT2D eigenvalue weighted by Gasteiger charge is -2.37. The van der Waals surface area contributed by atoms with Crippen molar-refractivity contribution in [1.29, 1.82) is 0 Å². The molecule has 1 amide bonds. The third kappa shape index (κ3) is 2.44. The molecule has 0 aromatic heterocycles. The lowest BCUT2D eigenvalue weighted by atomic mass is 9.92. The van der Waals surface area contributed by atoms with Crippen LogP contribution < -0.4 is 0 Å². The van der Waals surface area contributed by atoms with Crippen molar-refractivity contribution >= 4 is 5.91 Å². The highest BCUT2D eigenvalue weighted by Crippen LogP contribution is 2.22. The Balaban J connectivity index is 2.48. The second-order valence-electron chi connectivity index (χ2n) is 3.86. The van der Waals surface area contributed by atoms with Gasteiger partial charge in [0.1, 0.15) is 0 Å². The third-order valence-corrected chi connectivity index (χ3v) is 2.87. The predicted octanol–water partition coefficient (Wildman–Crippen LogP) is 1.02. The van der Waals surface area contributed by atoms with Crippen LogP contribution in [0.25, 0.3) is 0 Å². The maximum atomic E-state index is 11.4. The summed E-state index contributed by atoms with van der Waals surface area (Å²) in [7, 11) is 0. The van der Waals surface area contributed by atoms with Crippen LogP contribution >= 0.6 is 0 Å². The standard InChI is InChI=1S/C10H19NO2/c1-3-10(13)11-5-4-9(7-12)6-8(11)2/h8-9,12H,3-7H2,1-2H3/t8-,9-/m0/s1. The van der Waals surface area contributed by atoms with Crippen LogP contribution in [0.4, 0.5) is 0 Å². The Morgan fingerprint density at radius 3 is 2.77 bits per heavy atom. The quantitative estimate of drug-likeness (QED) is 0.697. The topological polar surface area (TPSA) is 40.5 Å². The number of nitrogens with zero attached hydrogens (tertiary/aromatic N) is 1. The minimum absolute atomic E-state index is 0.240. The van der Waals surface area contributed by atoms with Crippen LogP contribution in [0.15, 0.2) is 0 Å². The maximum absolute atomic E-state index is 11.4. The molecule has 3 heteroatoms. The van der Waals surface area contributed by atoms with Crippen molar-refractivity contribution in [3.63, 3.8) is 0 Å². The Kier molecular flexibility index (Phi) is 3.72. The number of piperidine rings is 1. The van der Waals surface area contributed by atoms with E-state index in [0.29, 0.717) is 18.4 Å². The fourth-order valence-corrected chi connectivity index (χ4v) is 2.01. The fraction of sp³-hybridized carbons (Fsp3) is 0.900. The zero-order chi connectivity index (χ0) is 9.84. The van der Waals surface area contributed by atoms with Gasteiger partial charge in [-0.2, -0.15) is 0 Å². The van der Waals surface area contributed by atoms with Gasteiger partial charge in [0.05, 0.1) is 0 Å². The van der Waals surface area contributed by atoms with Crippen LogP contribution in [0.5, 0.6) is 0 Å². The van der Waals surface area contributed by atoms with Gasteiger partial charge in [0.15, 0.2) is 0 Å². The lowest BCUT2D eigenvalue weighted by molar-refractivity contribution is -0.135. The number of amides is 1. The van der Waals surface area contributed by atoms with Crippen molar-refractivity contribution in [1.82, 2.24) is 4.90 Å². The van der Waals surface area contributed by atoms with E-state index in [0.717, 1.165) is 19.4 Å². The average Bonchev–Trinajstić information content (AvgIpc) is 2.16. The number of aliphatic hydroxyl groups excluding tert-OH is 1. The minimum Gasteiger partial charge on any atom is -0.396 e. The first-order valence-corrected chi connectivity index (χ1v) is 5.09. The molecular weight excluding hydrogens is 166 g/mol. The molecule has 0 aliphatic carbocycles. The monoisotopic (exact) mass is 185 g/mol. The highest BCUT2D eigenvalue weighted by atomic mass is 16.3. The first-order chi connectivity index (χ1) is 6.19. The van der Waals surface area contributed by atoms with Crippen LogP contribution in [0, 0.1) is 5.92 Å². The molecule has 1 saturated heterocycles. The Morgan fingerprint density at radius 1 is 1.62 bits per heavy atom. The van der Waals surface area contributed by atoms with E-state index in [1.54, 1.807) is 0 Å². The summed E-state index contributed by atoms with van der Waals surface area (Å²) in [4.78, 5) is 13.4. The number of hydrogen-bond donors (Lipinski definition) is 1. The van der Waals surface area contributed by atoms with Gasteiger partial charge >= 0.3 is 0 Å². The van der Waals surface area contributed by atoms with E-state index in [4.69, 9.17) is 5.11 Å². The highest BCUT2D eigenvalue weighted by Gasteiger charge is 2.27.